The van der Waals surface area contributed by atoms with Gasteiger partial charge in [0.15, 0.2) is 5.13 Å². The van der Waals surface area contributed by atoms with E-state index in [1.807, 2.05) is 56.5 Å². The van der Waals surface area contributed by atoms with E-state index in [0.717, 1.165) is 21.7 Å². The minimum atomic E-state index is -1.16. The predicted molar refractivity (Wildman–Crippen MR) is 124 cm³/mol. The number of urea groups is 1. The number of hydrogen-bond donors (Lipinski definition) is 2. The second-order valence-corrected chi connectivity index (χ2v) is 8.69. The van der Waals surface area contributed by atoms with Gasteiger partial charge >= 0.3 is 6.03 Å². The number of imide groups is 1. The van der Waals surface area contributed by atoms with Gasteiger partial charge in [-0.2, -0.15) is 0 Å². The van der Waals surface area contributed by atoms with Crippen LogP contribution >= 0.6 is 11.3 Å². The Balaban J connectivity index is 1.46. The second kappa shape index (κ2) is 8.55. The van der Waals surface area contributed by atoms with Gasteiger partial charge in [0, 0.05) is 10.9 Å². The maximum absolute atomic E-state index is 13.2. The fraction of sp³-hybridized carbons (Fsp3) is 0.250. The van der Waals surface area contributed by atoms with Crippen molar-refractivity contribution in [1.82, 2.24) is 15.2 Å². The standard InChI is InChI=1S/C24H24N4O3S/c1-4-24(18-8-6-5-7-9-18)21(30)28(23(31)27-24)13-20(29)26-22-25-19(14-32-22)17-11-10-15(2)16(3)12-17/h5-12,14H,4,13H2,1-3H3,(H,27,31)(H,25,26,29)/t24-/m0/s1. The Morgan fingerprint density at radius 2 is 1.88 bits per heavy atom. The van der Waals surface area contributed by atoms with Crippen molar-refractivity contribution in [2.75, 3.05) is 11.9 Å². The van der Waals surface area contributed by atoms with Crippen molar-refractivity contribution in [1.29, 1.82) is 0 Å². The number of benzene rings is 2. The molecule has 1 saturated heterocycles. The number of carbonyl (C=O) groups is 3. The molecule has 0 unspecified atom stereocenters. The molecule has 0 spiro atoms. The molecular formula is C24H24N4O3S. The Bertz CT molecular complexity index is 1190. The van der Waals surface area contributed by atoms with Gasteiger partial charge in [-0.15, -0.1) is 11.3 Å². The molecule has 2 N–H and O–H groups in total. The summed E-state index contributed by atoms with van der Waals surface area (Å²) in [5, 5.41) is 7.77. The van der Waals surface area contributed by atoms with Crippen molar-refractivity contribution in [2.24, 2.45) is 0 Å². The minimum Gasteiger partial charge on any atom is -0.319 e. The van der Waals surface area contributed by atoms with Crippen molar-refractivity contribution in [2.45, 2.75) is 32.7 Å². The number of amides is 4. The van der Waals surface area contributed by atoms with Crippen molar-refractivity contribution in [3.8, 4) is 11.3 Å². The lowest BCUT2D eigenvalue weighted by Gasteiger charge is -2.25. The Hall–Kier alpha value is -3.52. The van der Waals surface area contributed by atoms with Crippen molar-refractivity contribution in [3.05, 3.63) is 70.6 Å². The van der Waals surface area contributed by atoms with Gasteiger partial charge in [-0.1, -0.05) is 49.4 Å². The molecule has 0 aliphatic carbocycles. The van der Waals surface area contributed by atoms with Crippen LogP contribution in [-0.4, -0.2) is 34.3 Å². The molecule has 7 nitrogen and oxygen atoms in total. The first kappa shape index (κ1) is 21.7. The van der Waals surface area contributed by atoms with Gasteiger partial charge in [0.1, 0.15) is 12.1 Å². The molecule has 4 rings (SSSR count). The van der Waals surface area contributed by atoms with E-state index in [-0.39, 0.29) is 6.54 Å². The normalized spacial score (nSPS) is 18.0. The third-order valence-electron chi connectivity index (χ3n) is 5.83. The Labute approximate surface area is 190 Å². The molecule has 0 saturated carbocycles. The largest absolute Gasteiger partial charge is 0.325 e. The first-order chi connectivity index (χ1) is 15.3. The van der Waals surface area contributed by atoms with Crippen molar-refractivity contribution < 1.29 is 14.4 Å². The number of nitrogens with one attached hydrogen (secondary N) is 2. The molecule has 2 aromatic carbocycles. The van der Waals surface area contributed by atoms with Crippen LogP contribution in [0.25, 0.3) is 11.3 Å². The topological polar surface area (TPSA) is 91.4 Å². The zero-order valence-corrected chi connectivity index (χ0v) is 19.0. The maximum Gasteiger partial charge on any atom is 0.325 e. The summed E-state index contributed by atoms with van der Waals surface area (Å²) < 4.78 is 0. The van der Waals surface area contributed by atoms with Crippen LogP contribution in [0.5, 0.6) is 0 Å². The van der Waals surface area contributed by atoms with Crippen LogP contribution in [0, 0.1) is 13.8 Å². The fourth-order valence-corrected chi connectivity index (χ4v) is 4.53. The fourth-order valence-electron chi connectivity index (χ4n) is 3.80. The van der Waals surface area contributed by atoms with Crippen LogP contribution in [0.3, 0.4) is 0 Å². The van der Waals surface area contributed by atoms with Crippen LogP contribution < -0.4 is 10.6 Å². The van der Waals surface area contributed by atoms with Crippen LogP contribution in [-0.2, 0) is 15.1 Å². The Morgan fingerprint density at radius 1 is 1.12 bits per heavy atom. The van der Waals surface area contributed by atoms with Crippen molar-refractivity contribution in [3.63, 3.8) is 0 Å². The van der Waals surface area contributed by atoms with Gasteiger partial charge in [-0.05, 0) is 43.0 Å². The Morgan fingerprint density at radius 3 is 2.56 bits per heavy atom. The SMILES string of the molecule is CC[C@@]1(c2ccccc2)NC(=O)N(CC(=O)Nc2nc(-c3ccc(C)c(C)c3)cs2)C1=O. The Kier molecular flexibility index (Phi) is 5.80. The molecule has 1 atom stereocenters. The van der Waals surface area contributed by atoms with Crippen molar-refractivity contribution >= 4 is 34.3 Å². The second-order valence-electron chi connectivity index (χ2n) is 7.83. The minimum absolute atomic E-state index is 0.377. The molecule has 3 aromatic rings. The molecule has 32 heavy (non-hydrogen) atoms. The molecule has 1 aliphatic rings. The summed E-state index contributed by atoms with van der Waals surface area (Å²) in [5.41, 5.74) is 3.63. The van der Waals surface area contributed by atoms with E-state index < -0.39 is 23.4 Å². The maximum atomic E-state index is 13.2. The van der Waals surface area contributed by atoms with Gasteiger partial charge in [0.25, 0.3) is 5.91 Å². The first-order valence-electron chi connectivity index (χ1n) is 10.4. The molecule has 1 aromatic heterocycles. The lowest BCUT2D eigenvalue weighted by atomic mass is 9.87. The highest BCUT2D eigenvalue weighted by molar-refractivity contribution is 7.14. The summed E-state index contributed by atoms with van der Waals surface area (Å²) in [6.45, 7) is 5.54. The first-order valence-corrected chi connectivity index (χ1v) is 11.2. The number of nitrogens with zero attached hydrogens (tertiary/aromatic N) is 2. The number of anilines is 1. The summed E-state index contributed by atoms with van der Waals surface area (Å²) in [6.07, 6.45) is 0.380. The zero-order valence-electron chi connectivity index (χ0n) is 18.1. The number of thiazole rings is 1. The van der Waals surface area contributed by atoms with Crippen LogP contribution in [0.2, 0.25) is 0 Å². The van der Waals surface area contributed by atoms with Crippen LogP contribution in [0.15, 0.2) is 53.9 Å². The third kappa shape index (κ3) is 3.89. The van der Waals surface area contributed by atoms with E-state index >= 15 is 0 Å². The monoisotopic (exact) mass is 448 g/mol. The van der Waals surface area contributed by atoms with Gasteiger partial charge < -0.3 is 10.6 Å². The van der Waals surface area contributed by atoms with Gasteiger partial charge in [0.2, 0.25) is 5.91 Å². The molecular weight excluding hydrogens is 424 g/mol. The molecule has 4 amide bonds. The van der Waals surface area contributed by atoms with Gasteiger partial charge in [-0.3, -0.25) is 14.5 Å². The number of carbonyl (C=O) groups excluding carboxylic acids is 3. The van der Waals surface area contributed by atoms with E-state index in [2.05, 4.69) is 21.7 Å². The van der Waals surface area contributed by atoms with Crippen LogP contribution in [0.1, 0.15) is 30.0 Å². The lowest BCUT2D eigenvalue weighted by Crippen LogP contribution is -2.44. The summed E-state index contributed by atoms with van der Waals surface area (Å²) in [7, 11) is 0. The van der Waals surface area contributed by atoms with Gasteiger partial charge in [0.05, 0.1) is 5.69 Å². The predicted octanol–water partition coefficient (Wildman–Crippen LogP) is 4.22. The van der Waals surface area contributed by atoms with E-state index in [1.54, 1.807) is 12.1 Å². The molecule has 8 heteroatoms. The van der Waals surface area contributed by atoms with E-state index in [9.17, 15) is 14.4 Å². The molecule has 2 heterocycles. The number of aromatic nitrogens is 1. The summed E-state index contributed by atoms with van der Waals surface area (Å²) in [4.78, 5) is 43.8. The summed E-state index contributed by atoms with van der Waals surface area (Å²) in [6, 6.07) is 14.6. The molecule has 1 fully saturated rings. The average molecular weight is 449 g/mol. The molecule has 164 valence electrons. The highest BCUT2D eigenvalue weighted by Crippen LogP contribution is 2.32. The number of rotatable bonds is 6. The quantitative estimate of drug-likeness (QED) is 0.552. The summed E-state index contributed by atoms with van der Waals surface area (Å²) in [5.74, 6) is -0.907. The lowest BCUT2D eigenvalue weighted by molar-refractivity contribution is -0.134. The number of aryl methyl sites for hydroxylation is 2. The van der Waals surface area contributed by atoms with Gasteiger partial charge in [-0.25, -0.2) is 9.78 Å². The highest BCUT2D eigenvalue weighted by Gasteiger charge is 2.51. The highest BCUT2D eigenvalue weighted by atomic mass is 32.1. The third-order valence-corrected chi connectivity index (χ3v) is 6.59. The van der Waals surface area contributed by atoms with E-state index in [1.165, 1.54) is 16.9 Å². The van der Waals surface area contributed by atoms with Crippen LogP contribution in [0.4, 0.5) is 9.93 Å². The van der Waals surface area contributed by atoms with E-state index in [4.69, 9.17) is 0 Å². The zero-order chi connectivity index (χ0) is 22.9. The molecule has 1 aliphatic heterocycles. The smallest absolute Gasteiger partial charge is 0.319 e. The van der Waals surface area contributed by atoms with E-state index in [0.29, 0.717) is 17.1 Å². The average Bonchev–Trinajstić information content (AvgIpc) is 3.34. The molecule has 0 bridgehead atoms. The number of hydrogen-bond acceptors (Lipinski definition) is 5. The summed E-state index contributed by atoms with van der Waals surface area (Å²) >= 11 is 1.30. The molecule has 0 radical (unpaired) electrons.